The van der Waals surface area contributed by atoms with Crippen LogP contribution in [0.5, 0.6) is 11.5 Å². The molecule has 7 nitrogen and oxygen atoms in total. The Hall–Kier alpha value is -3.58. The standard InChI is InChI=1S/C23H22F5N5O2Si/c1-36(2,3)7-6-34-11-33-23-17(22(29)30-10-31-23)20(32-33)13-5-4-12(8-14(13)24)35-21-18(27)15(25)9-16(26)19(21)28/h4-5,8-10H,6-7,11H2,1-3H3,(H2,29,30,31). The Kier molecular flexibility index (Phi) is 6.96. The summed E-state index contributed by atoms with van der Waals surface area (Å²) in [6.07, 6.45) is 1.25. The summed E-state index contributed by atoms with van der Waals surface area (Å²) < 4.78 is 82.0. The SMILES string of the molecule is C[Si](C)(C)CCOCn1nc(-c2ccc(Oc3c(F)c(F)cc(F)c3F)cc2F)c2c(N)ncnc21. The summed E-state index contributed by atoms with van der Waals surface area (Å²) in [6.45, 7) is 7.21. The van der Waals surface area contributed by atoms with Gasteiger partial charge in [0.05, 0.1) is 5.39 Å². The Labute approximate surface area is 203 Å². The highest BCUT2D eigenvalue weighted by Crippen LogP contribution is 2.36. The van der Waals surface area contributed by atoms with Gasteiger partial charge in [-0.3, -0.25) is 0 Å². The topological polar surface area (TPSA) is 88.1 Å². The number of nitrogens with two attached hydrogens (primary N) is 1. The smallest absolute Gasteiger partial charge is 0.204 e. The van der Waals surface area contributed by atoms with Crippen molar-refractivity contribution in [2.24, 2.45) is 0 Å². The van der Waals surface area contributed by atoms with Crippen LogP contribution in [0.3, 0.4) is 0 Å². The molecule has 2 aromatic carbocycles. The van der Waals surface area contributed by atoms with Gasteiger partial charge in [-0.15, -0.1) is 0 Å². The second kappa shape index (κ2) is 9.82. The molecule has 4 rings (SSSR count). The molecule has 4 aromatic rings. The highest BCUT2D eigenvalue weighted by Gasteiger charge is 2.23. The molecule has 0 fully saturated rings. The average Bonchev–Trinajstić information content (AvgIpc) is 3.17. The van der Waals surface area contributed by atoms with E-state index in [1.165, 1.54) is 17.1 Å². The minimum Gasteiger partial charge on any atom is -0.451 e. The van der Waals surface area contributed by atoms with Crippen LogP contribution in [0, 0.1) is 29.1 Å². The average molecular weight is 524 g/mol. The second-order valence-electron chi connectivity index (χ2n) is 9.19. The van der Waals surface area contributed by atoms with Gasteiger partial charge < -0.3 is 15.2 Å². The summed E-state index contributed by atoms with van der Waals surface area (Å²) in [5.74, 6) is -9.38. The van der Waals surface area contributed by atoms with Crippen LogP contribution < -0.4 is 10.5 Å². The number of nitrogen functional groups attached to an aromatic ring is 1. The zero-order chi connectivity index (χ0) is 26.2. The molecule has 0 aliphatic rings. The van der Waals surface area contributed by atoms with Crippen LogP contribution in [-0.2, 0) is 11.5 Å². The van der Waals surface area contributed by atoms with E-state index in [1.807, 2.05) is 0 Å². The van der Waals surface area contributed by atoms with Crippen molar-refractivity contribution in [3.05, 3.63) is 59.7 Å². The van der Waals surface area contributed by atoms with Crippen molar-refractivity contribution in [3.63, 3.8) is 0 Å². The number of aromatic nitrogens is 4. The van der Waals surface area contributed by atoms with Crippen LogP contribution >= 0.6 is 0 Å². The van der Waals surface area contributed by atoms with E-state index >= 15 is 4.39 Å². The minimum absolute atomic E-state index is 0.0407. The second-order valence-corrected chi connectivity index (χ2v) is 14.8. The van der Waals surface area contributed by atoms with Gasteiger partial charge in [0.15, 0.2) is 17.3 Å². The molecule has 0 saturated carbocycles. The first kappa shape index (κ1) is 25.5. The Morgan fingerprint density at radius 1 is 0.944 bits per heavy atom. The molecule has 0 saturated heterocycles. The van der Waals surface area contributed by atoms with Gasteiger partial charge >= 0.3 is 0 Å². The maximum absolute atomic E-state index is 15.1. The lowest BCUT2D eigenvalue weighted by Gasteiger charge is -2.15. The van der Waals surface area contributed by atoms with E-state index in [9.17, 15) is 17.6 Å². The lowest BCUT2D eigenvalue weighted by atomic mass is 10.1. The van der Waals surface area contributed by atoms with Gasteiger partial charge in [0.25, 0.3) is 0 Å². The molecular formula is C23H22F5N5O2Si. The largest absolute Gasteiger partial charge is 0.451 e. The minimum atomic E-state index is -1.75. The van der Waals surface area contributed by atoms with Crippen molar-refractivity contribution in [1.29, 1.82) is 0 Å². The Morgan fingerprint density at radius 2 is 1.64 bits per heavy atom. The van der Waals surface area contributed by atoms with E-state index in [-0.39, 0.29) is 35.3 Å². The molecule has 190 valence electrons. The molecular weight excluding hydrogens is 501 g/mol. The van der Waals surface area contributed by atoms with Crippen LogP contribution in [0.2, 0.25) is 25.7 Å². The Bertz CT molecular complexity index is 1410. The monoisotopic (exact) mass is 523 g/mol. The van der Waals surface area contributed by atoms with Crippen molar-refractivity contribution < 1.29 is 31.4 Å². The zero-order valence-electron chi connectivity index (χ0n) is 19.6. The molecule has 2 N–H and O–H groups in total. The van der Waals surface area contributed by atoms with Crippen molar-refractivity contribution in [2.75, 3.05) is 12.3 Å². The number of fused-ring (bicyclic) bond motifs is 1. The summed E-state index contributed by atoms with van der Waals surface area (Å²) in [5, 5.41) is 4.68. The van der Waals surface area contributed by atoms with E-state index < -0.39 is 48.7 Å². The number of hydrogen-bond acceptors (Lipinski definition) is 6. The number of benzene rings is 2. The zero-order valence-corrected chi connectivity index (χ0v) is 20.6. The first-order valence-corrected chi connectivity index (χ1v) is 14.5. The lowest BCUT2D eigenvalue weighted by molar-refractivity contribution is 0.0814. The highest BCUT2D eigenvalue weighted by atomic mass is 28.3. The molecule has 0 radical (unpaired) electrons. The molecule has 0 aliphatic heterocycles. The van der Waals surface area contributed by atoms with E-state index in [0.717, 1.165) is 18.2 Å². The van der Waals surface area contributed by atoms with Crippen molar-refractivity contribution in [2.45, 2.75) is 32.4 Å². The lowest BCUT2D eigenvalue weighted by Crippen LogP contribution is -2.22. The van der Waals surface area contributed by atoms with Gasteiger partial charge in [-0.25, -0.2) is 27.8 Å². The van der Waals surface area contributed by atoms with Gasteiger partial charge in [0, 0.05) is 32.4 Å². The molecule has 0 aliphatic carbocycles. The molecule has 0 amide bonds. The van der Waals surface area contributed by atoms with Gasteiger partial charge in [0.1, 0.15) is 36.1 Å². The summed E-state index contributed by atoms with van der Waals surface area (Å²) in [7, 11) is -1.31. The number of anilines is 1. The molecule has 2 aromatic heterocycles. The molecule has 0 spiro atoms. The van der Waals surface area contributed by atoms with E-state index in [2.05, 4.69) is 34.7 Å². The van der Waals surface area contributed by atoms with Crippen molar-refractivity contribution >= 4 is 24.9 Å². The molecule has 0 unspecified atom stereocenters. The number of ether oxygens (including phenoxy) is 2. The molecule has 13 heteroatoms. The summed E-state index contributed by atoms with van der Waals surface area (Å²) in [4.78, 5) is 8.14. The number of rotatable bonds is 8. The number of hydrogen-bond donors (Lipinski definition) is 1. The van der Waals surface area contributed by atoms with Gasteiger partial charge in [-0.05, 0) is 18.2 Å². The maximum atomic E-state index is 15.1. The van der Waals surface area contributed by atoms with E-state index in [0.29, 0.717) is 12.3 Å². The third-order valence-electron chi connectivity index (χ3n) is 5.26. The molecule has 0 bridgehead atoms. The van der Waals surface area contributed by atoms with Crippen LogP contribution in [0.4, 0.5) is 27.8 Å². The quantitative estimate of drug-likeness (QED) is 0.134. The number of halogens is 5. The van der Waals surface area contributed by atoms with Crippen LogP contribution in [-0.4, -0.2) is 34.4 Å². The summed E-state index contributed by atoms with van der Waals surface area (Å²) in [6, 6.07) is 4.16. The maximum Gasteiger partial charge on any atom is 0.204 e. The van der Waals surface area contributed by atoms with Crippen molar-refractivity contribution in [1.82, 2.24) is 19.7 Å². The van der Waals surface area contributed by atoms with Gasteiger partial charge in [0.2, 0.25) is 17.4 Å². The molecule has 0 atom stereocenters. The molecule has 36 heavy (non-hydrogen) atoms. The van der Waals surface area contributed by atoms with Crippen LogP contribution in [0.25, 0.3) is 22.3 Å². The Morgan fingerprint density at radius 3 is 2.28 bits per heavy atom. The van der Waals surface area contributed by atoms with Gasteiger partial charge in [-0.2, -0.15) is 13.9 Å². The third kappa shape index (κ3) is 5.16. The molecule has 2 heterocycles. The summed E-state index contributed by atoms with van der Waals surface area (Å²) >= 11 is 0. The number of nitrogens with zero attached hydrogens (tertiary/aromatic N) is 4. The fraction of sp³-hybridized carbons (Fsp3) is 0.261. The normalized spacial score (nSPS) is 11.9. The van der Waals surface area contributed by atoms with E-state index in [1.54, 1.807) is 0 Å². The summed E-state index contributed by atoms with van der Waals surface area (Å²) in [5.41, 5.74) is 6.41. The van der Waals surface area contributed by atoms with Crippen LogP contribution in [0.15, 0.2) is 30.6 Å². The van der Waals surface area contributed by atoms with E-state index in [4.69, 9.17) is 15.2 Å². The van der Waals surface area contributed by atoms with Crippen molar-refractivity contribution in [3.8, 4) is 22.8 Å². The first-order chi connectivity index (χ1) is 17.0. The highest BCUT2D eigenvalue weighted by molar-refractivity contribution is 6.76. The predicted octanol–water partition coefficient (Wildman–Crippen LogP) is 5.88. The third-order valence-corrected chi connectivity index (χ3v) is 6.96. The first-order valence-electron chi connectivity index (χ1n) is 10.8. The fourth-order valence-electron chi connectivity index (χ4n) is 3.35. The fourth-order valence-corrected chi connectivity index (χ4v) is 4.11. The Balaban J connectivity index is 1.67. The van der Waals surface area contributed by atoms with Gasteiger partial charge in [-0.1, -0.05) is 19.6 Å². The predicted molar refractivity (Wildman–Crippen MR) is 126 cm³/mol. The van der Waals surface area contributed by atoms with Crippen LogP contribution in [0.1, 0.15) is 0 Å².